The van der Waals surface area contributed by atoms with Crippen LogP contribution in [0.4, 0.5) is 0 Å². The standard InChI is InChI=1S/C12H7Cl4NO/c1-18-12-9(15)4-6(5-17-12)10-7(13)2-3-8(14)11(10)16/h2-5H,1H3. The van der Waals surface area contributed by atoms with Crippen molar-refractivity contribution in [1.29, 1.82) is 0 Å². The number of rotatable bonds is 2. The summed E-state index contributed by atoms with van der Waals surface area (Å²) in [7, 11) is 1.49. The molecule has 0 saturated carbocycles. The highest BCUT2D eigenvalue weighted by atomic mass is 35.5. The SMILES string of the molecule is COc1ncc(-c2c(Cl)ccc(Cl)c2Cl)cc1Cl. The number of pyridine rings is 1. The van der Waals surface area contributed by atoms with Gasteiger partial charge in [0, 0.05) is 17.3 Å². The van der Waals surface area contributed by atoms with Crippen molar-refractivity contribution in [3.05, 3.63) is 44.5 Å². The van der Waals surface area contributed by atoms with Crippen molar-refractivity contribution in [2.45, 2.75) is 0 Å². The van der Waals surface area contributed by atoms with Crippen molar-refractivity contribution in [1.82, 2.24) is 4.98 Å². The number of aromatic nitrogens is 1. The minimum absolute atomic E-state index is 0.342. The van der Waals surface area contributed by atoms with Crippen LogP contribution in [0, 0.1) is 0 Å². The zero-order valence-corrected chi connectivity index (χ0v) is 12.2. The third kappa shape index (κ3) is 2.52. The van der Waals surface area contributed by atoms with Gasteiger partial charge in [-0.05, 0) is 18.2 Å². The Morgan fingerprint density at radius 2 is 1.67 bits per heavy atom. The maximum atomic E-state index is 6.14. The Kier molecular flexibility index (Phi) is 4.23. The minimum atomic E-state index is 0.342. The molecule has 0 amide bonds. The Morgan fingerprint density at radius 1 is 1.00 bits per heavy atom. The smallest absolute Gasteiger partial charge is 0.232 e. The van der Waals surface area contributed by atoms with Crippen LogP contribution in [0.3, 0.4) is 0 Å². The summed E-state index contributed by atoms with van der Waals surface area (Å²) in [4.78, 5) is 4.07. The van der Waals surface area contributed by atoms with Gasteiger partial charge in [0.1, 0.15) is 5.02 Å². The van der Waals surface area contributed by atoms with E-state index in [9.17, 15) is 0 Å². The van der Waals surface area contributed by atoms with Gasteiger partial charge in [0.25, 0.3) is 0 Å². The number of methoxy groups -OCH3 is 1. The molecule has 1 aromatic heterocycles. The highest BCUT2D eigenvalue weighted by molar-refractivity contribution is 6.46. The molecular formula is C12H7Cl4NO. The average Bonchev–Trinajstić information content (AvgIpc) is 2.35. The van der Waals surface area contributed by atoms with Crippen molar-refractivity contribution in [3.8, 4) is 17.0 Å². The lowest BCUT2D eigenvalue weighted by atomic mass is 10.1. The summed E-state index contributed by atoms with van der Waals surface area (Å²) >= 11 is 24.2. The summed E-state index contributed by atoms with van der Waals surface area (Å²) < 4.78 is 4.98. The van der Waals surface area contributed by atoms with Crippen LogP contribution in [0.1, 0.15) is 0 Å². The number of halogens is 4. The van der Waals surface area contributed by atoms with E-state index in [-0.39, 0.29) is 0 Å². The maximum Gasteiger partial charge on any atom is 0.232 e. The molecule has 0 aliphatic heterocycles. The minimum Gasteiger partial charge on any atom is -0.480 e. The van der Waals surface area contributed by atoms with Crippen molar-refractivity contribution >= 4 is 46.4 Å². The van der Waals surface area contributed by atoms with Gasteiger partial charge in [-0.3, -0.25) is 0 Å². The number of nitrogens with zero attached hydrogens (tertiary/aromatic N) is 1. The second kappa shape index (κ2) is 5.54. The monoisotopic (exact) mass is 321 g/mol. The van der Waals surface area contributed by atoms with Crippen LogP contribution < -0.4 is 4.74 Å². The molecule has 0 bridgehead atoms. The Morgan fingerprint density at radius 3 is 2.28 bits per heavy atom. The molecule has 94 valence electrons. The Balaban J connectivity index is 2.62. The third-order valence-corrected chi connectivity index (χ3v) is 3.72. The molecule has 0 aliphatic carbocycles. The Hall–Kier alpha value is -0.670. The van der Waals surface area contributed by atoms with Crippen LogP contribution in [0.2, 0.25) is 20.1 Å². The average molecular weight is 323 g/mol. The second-order valence-corrected chi connectivity index (χ2v) is 5.03. The molecule has 0 N–H and O–H groups in total. The molecule has 0 spiro atoms. The predicted molar refractivity (Wildman–Crippen MR) is 76.3 cm³/mol. The number of hydrogen-bond donors (Lipinski definition) is 0. The highest BCUT2D eigenvalue weighted by Gasteiger charge is 2.14. The molecule has 0 unspecified atom stereocenters. The van der Waals surface area contributed by atoms with Gasteiger partial charge >= 0.3 is 0 Å². The fourth-order valence-electron chi connectivity index (χ4n) is 1.50. The van der Waals surface area contributed by atoms with Gasteiger partial charge in [-0.1, -0.05) is 46.4 Å². The number of benzene rings is 1. The molecule has 2 nitrogen and oxygen atoms in total. The van der Waals surface area contributed by atoms with E-state index in [1.54, 1.807) is 24.4 Å². The van der Waals surface area contributed by atoms with Crippen LogP contribution in [0.15, 0.2) is 24.4 Å². The molecule has 6 heteroatoms. The van der Waals surface area contributed by atoms with E-state index in [2.05, 4.69) is 4.98 Å². The van der Waals surface area contributed by atoms with Gasteiger partial charge in [0.15, 0.2) is 0 Å². The lowest BCUT2D eigenvalue weighted by Gasteiger charge is -2.10. The molecule has 2 aromatic rings. The first kappa shape index (κ1) is 13.8. The summed E-state index contributed by atoms with van der Waals surface area (Å²) in [6, 6.07) is 4.98. The van der Waals surface area contributed by atoms with Crippen LogP contribution >= 0.6 is 46.4 Å². The van der Waals surface area contributed by atoms with Crippen molar-refractivity contribution in [2.24, 2.45) is 0 Å². The van der Waals surface area contributed by atoms with Crippen molar-refractivity contribution in [2.75, 3.05) is 7.11 Å². The Bertz CT molecular complexity index is 601. The summed E-state index contributed by atoms with van der Waals surface area (Å²) in [6.07, 6.45) is 1.58. The van der Waals surface area contributed by atoms with Gasteiger partial charge in [-0.15, -0.1) is 0 Å². The van der Waals surface area contributed by atoms with Crippen molar-refractivity contribution < 1.29 is 4.74 Å². The van der Waals surface area contributed by atoms with Crippen LogP contribution in [0.5, 0.6) is 5.88 Å². The molecule has 0 atom stereocenters. The van der Waals surface area contributed by atoms with E-state index < -0.39 is 0 Å². The van der Waals surface area contributed by atoms with Gasteiger partial charge in [0.2, 0.25) is 5.88 Å². The highest BCUT2D eigenvalue weighted by Crippen LogP contribution is 2.40. The summed E-state index contributed by atoms with van der Waals surface area (Å²) in [5.41, 5.74) is 1.28. The molecule has 18 heavy (non-hydrogen) atoms. The number of ether oxygens (including phenoxy) is 1. The maximum absolute atomic E-state index is 6.14. The van der Waals surface area contributed by atoms with Gasteiger partial charge < -0.3 is 4.74 Å². The normalized spacial score (nSPS) is 10.5. The lowest BCUT2D eigenvalue weighted by molar-refractivity contribution is 0.398. The molecule has 1 heterocycles. The molecule has 0 fully saturated rings. The van der Waals surface area contributed by atoms with E-state index in [0.717, 1.165) is 0 Å². The van der Waals surface area contributed by atoms with Crippen LogP contribution in [-0.2, 0) is 0 Å². The van der Waals surface area contributed by atoms with E-state index in [1.165, 1.54) is 7.11 Å². The van der Waals surface area contributed by atoms with E-state index in [4.69, 9.17) is 51.1 Å². The first-order valence-electron chi connectivity index (χ1n) is 4.88. The summed E-state index contributed by atoms with van der Waals surface area (Å²) in [5, 5.41) is 1.64. The number of hydrogen-bond acceptors (Lipinski definition) is 2. The fourth-order valence-corrected chi connectivity index (χ4v) is 2.49. The topological polar surface area (TPSA) is 22.1 Å². The van der Waals surface area contributed by atoms with E-state index >= 15 is 0 Å². The first-order valence-corrected chi connectivity index (χ1v) is 6.39. The molecular weight excluding hydrogens is 316 g/mol. The third-order valence-electron chi connectivity index (χ3n) is 2.33. The summed E-state index contributed by atoms with van der Waals surface area (Å²) in [6.45, 7) is 0. The molecule has 0 aliphatic rings. The predicted octanol–water partition coefficient (Wildman–Crippen LogP) is 5.37. The van der Waals surface area contributed by atoms with Crippen LogP contribution in [-0.4, -0.2) is 12.1 Å². The largest absolute Gasteiger partial charge is 0.480 e. The zero-order chi connectivity index (χ0) is 13.3. The van der Waals surface area contributed by atoms with E-state index in [0.29, 0.717) is 37.1 Å². The zero-order valence-electron chi connectivity index (χ0n) is 9.18. The molecule has 0 radical (unpaired) electrons. The van der Waals surface area contributed by atoms with Gasteiger partial charge in [-0.2, -0.15) is 0 Å². The Labute approximate surface area is 124 Å². The molecule has 2 rings (SSSR count). The quantitative estimate of drug-likeness (QED) is 0.693. The van der Waals surface area contributed by atoms with Gasteiger partial charge in [0.05, 0.1) is 22.2 Å². The van der Waals surface area contributed by atoms with Crippen LogP contribution in [0.25, 0.3) is 11.1 Å². The summed E-state index contributed by atoms with van der Waals surface area (Å²) in [5.74, 6) is 0.342. The molecule has 0 saturated heterocycles. The first-order chi connectivity index (χ1) is 8.54. The fraction of sp³-hybridized carbons (Fsp3) is 0.0833. The lowest BCUT2D eigenvalue weighted by Crippen LogP contribution is -1.90. The molecule has 1 aromatic carbocycles. The van der Waals surface area contributed by atoms with Crippen molar-refractivity contribution in [3.63, 3.8) is 0 Å². The second-order valence-electron chi connectivity index (χ2n) is 3.43. The van der Waals surface area contributed by atoms with E-state index in [1.807, 2.05) is 0 Å². The van der Waals surface area contributed by atoms with Gasteiger partial charge in [-0.25, -0.2) is 4.98 Å².